The van der Waals surface area contributed by atoms with E-state index >= 15 is 0 Å². The largest absolute Gasteiger partial charge is 0.240 e. The zero-order valence-electron chi connectivity index (χ0n) is 9.37. The quantitative estimate of drug-likeness (QED) is 0.837. The minimum atomic E-state index is -3.79. The van der Waals surface area contributed by atoms with Crippen LogP contribution < -0.4 is 4.72 Å². The standard InChI is InChI=1S/C11H12BrF2NO2S/c12-9(7-1-2-7)6-15-18(16,17)8-3-4-10(13)11(14)5-8/h3-5,7,9,15H,1-2,6H2. The molecular formula is C11H12BrF2NO2S. The van der Waals surface area contributed by atoms with Gasteiger partial charge in [-0.15, -0.1) is 0 Å². The summed E-state index contributed by atoms with van der Waals surface area (Å²) in [5, 5.41) is 0. The molecule has 0 bridgehead atoms. The van der Waals surface area contributed by atoms with Crippen molar-refractivity contribution in [1.82, 2.24) is 4.72 Å². The van der Waals surface area contributed by atoms with Crippen LogP contribution in [0.15, 0.2) is 23.1 Å². The molecule has 0 saturated heterocycles. The summed E-state index contributed by atoms with van der Waals surface area (Å²) in [5.41, 5.74) is 0. The van der Waals surface area contributed by atoms with E-state index < -0.39 is 21.7 Å². The molecule has 7 heteroatoms. The Hall–Kier alpha value is -0.530. The van der Waals surface area contributed by atoms with Crippen molar-refractivity contribution in [3.05, 3.63) is 29.8 Å². The first-order valence-electron chi connectivity index (χ1n) is 5.49. The number of sulfonamides is 1. The minimum Gasteiger partial charge on any atom is -0.210 e. The molecule has 0 radical (unpaired) electrons. The molecular weight excluding hydrogens is 328 g/mol. The number of hydrogen-bond acceptors (Lipinski definition) is 2. The van der Waals surface area contributed by atoms with Crippen LogP contribution in [-0.4, -0.2) is 19.8 Å². The van der Waals surface area contributed by atoms with Gasteiger partial charge in [0.25, 0.3) is 0 Å². The summed E-state index contributed by atoms with van der Waals surface area (Å²) in [5.74, 6) is -1.74. The fourth-order valence-electron chi connectivity index (χ4n) is 1.54. The van der Waals surface area contributed by atoms with Gasteiger partial charge in [0.2, 0.25) is 10.0 Å². The molecule has 1 unspecified atom stereocenters. The van der Waals surface area contributed by atoms with Gasteiger partial charge in [0.15, 0.2) is 11.6 Å². The van der Waals surface area contributed by atoms with E-state index in [0.717, 1.165) is 25.0 Å². The minimum absolute atomic E-state index is 0.0811. The van der Waals surface area contributed by atoms with E-state index in [2.05, 4.69) is 20.7 Å². The number of benzene rings is 1. The van der Waals surface area contributed by atoms with Crippen LogP contribution >= 0.6 is 15.9 Å². The molecule has 1 atom stereocenters. The second-order valence-electron chi connectivity index (χ2n) is 4.28. The monoisotopic (exact) mass is 339 g/mol. The average Bonchev–Trinajstić information content (AvgIpc) is 3.13. The summed E-state index contributed by atoms with van der Waals surface area (Å²) in [7, 11) is -3.79. The van der Waals surface area contributed by atoms with Crippen molar-refractivity contribution in [3.8, 4) is 0 Å². The Bertz CT molecular complexity index is 546. The Kier molecular flexibility index (Phi) is 4.03. The topological polar surface area (TPSA) is 46.2 Å². The van der Waals surface area contributed by atoms with Gasteiger partial charge in [-0.25, -0.2) is 21.9 Å². The number of nitrogens with one attached hydrogen (secondary N) is 1. The molecule has 0 amide bonds. The molecule has 1 aromatic carbocycles. The summed E-state index contributed by atoms with van der Waals surface area (Å²) in [4.78, 5) is -0.186. The molecule has 100 valence electrons. The first kappa shape index (κ1) is 13.9. The van der Waals surface area contributed by atoms with Crippen molar-refractivity contribution in [1.29, 1.82) is 0 Å². The van der Waals surface area contributed by atoms with Gasteiger partial charge in [0, 0.05) is 11.4 Å². The van der Waals surface area contributed by atoms with Gasteiger partial charge in [0.05, 0.1) is 4.90 Å². The van der Waals surface area contributed by atoms with Gasteiger partial charge >= 0.3 is 0 Å². The maximum absolute atomic E-state index is 13.0. The maximum atomic E-state index is 13.0. The zero-order chi connectivity index (χ0) is 13.3. The number of halogens is 3. The first-order valence-corrected chi connectivity index (χ1v) is 7.89. The molecule has 0 spiro atoms. The highest BCUT2D eigenvalue weighted by molar-refractivity contribution is 9.09. The lowest BCUT2D eigenvalue weighted by Crippen LogP contribution is -2.30. The van der Waals surface area contributed by atoms with Gasteiger partial charge in [0.1, 0.15) is 0 Å². The second-order valence-corrected chi connectivity index (χ2v) is 7.22. The molecule has 2 rings (SSSR count). The lowest BCUT2D eigenvalue weighted by molar-refractivity contribution is 0.504. The fourth-order valence-corrected chi connectivity index (χ4v) is 3.52. The van der Waals surface area contributed by atoms with E-state index in [0.29, 0.717) is 12.0 Å². The predicted octanol–water partition coefficient (Wildman–Crippen LogP) is 2.42. The Morgan fingerprint density at radius 1 is 1.33 bits per heavy atom. The molecule has 0 aromatic heterocycles. The van der Waals surface area contributed by atoms with Crippen LogP contribution in [0.2, 0.25) is 0 Å². The van der Waals surface area contributed by atoms with Crippen LogP contribution in [0.5, 0.6) is 0 Å². The lowest BCUT2D eigenvalue weighted by Gasteiger charge is -2.10. The van der Waals surface area contributed by atoms with Crippen LogP contribution in [0.4, 0.5) is 8.78 Å². The highest BCUT2D eigenvalue weighted by atomic mass is 79.9. The molecule has 1 aliphatic carbocycles. The fraction of sp³-hybridized carbons (Fsp3) is 0.455. The van der Waals surface area contributed by atoms with E-state index in [-0.39, 0.29) is 16.3 Å². The van der Waals surface area contributed by atoms with Crippen molar-refractivity contribution < 1.29 is 17.2 Å². The third kappa shape index (κ3) is 3.27. The lowest BCUT2D eigenvalue weighted by atomic mass is 10.3. The van der Waals surface area contributed by atoms with Crippen LogP contribution in [0.3, 0.4) is 0 Å². The third-order valence-corrected chi connectivity index (χ3v) is 5.30. The summed E-state index contributed by atoms with van der Waals surface area (Å²) in [6.07, 6.45) is 2.17. The second kappa shape index (κ2) is 5.22. The molecule has 1 fully saturated rings. The van der Waals surface area contributed by atoms with E-state index in [9.17, 15) is 17.2 Å². The van der Waals surface area contributed by atoms with Crippen LogP contribution in [0.1, 0.15) is 12.8 Å². The molecule has 18 heavy (non-hydrogen) atoms. The first-order chi connectivity index (χ1) is 8.40. The van der Waals surface area contributed by atoms with Crippen LogP contribution in [0, 0.1) is 17.6 Å². The van der Waals surface area contributed by atoms with Crippen molar-refractivity contribution in [2.75, 3.05) is 6.54 Å². The van der Waals surface area contributed by atoms with Crippen LogP contribution in [-0.2, 0) is 10.0 Å². The Balaban J connectivity index is 2.07. The van der Waals surface area contributed by atoms with E-state index in [1.54, 1.807) is 0 Å². The molecule has 1 aliphatic rings. The highest BCUT2D eigenvalue weighted by Gasteiger charge is 2.30. The van der Waals surface area contributed by atoms with Gasteiger partial charge < -0.3 is 0 Å². The Morgan fingerprint density at radius 3 is 2.56 bits per heavy atom. The molecule has 1 saturated carbocycles. The van der Waals surface area contributed by atoms with Gasteiger partial charge in [-0.2, -0.15) is 0 Å². The SMILES string of the molecule is O=S(=O)(NCC(Br)C1CC1)c1ccc(F)c(F)c1. The average molecular weight is 340 g/mol. The van der Waals surface area contributed by atoms with Gasteiger partial charge in [-0.3, -0.25) is 0 Å². The Morgan fingerprint density at radius 2 is 2.00 bits per heavy atom. The maximum Gasteiger partial charge on any atom is 0.240 e. The third-order valence-electron chi connectivity index (χ3n) is 2.80. The summed E-state index contributed by atoms with van der Waals surface area (Å²) < 4.78 is 51.7. The Labute approximate surface area is 113 Å². The summed E-state index contributed by atoms with van der Waals surface area (Å²) in [6, 6.07) is 2.52. The summed E-state index contributed by atoms with van der Waals surface area (Å²) >= 11 is 3.39. The van der Waals surface area contributed by atoms with Crippen molar-refractivity contribution >= 4 is 26.0 Å². The molecule has 1 N–H and O–H groups in total. The predicted molar refractivity (Wildman–Crippen MR) is 67.0 cm³/mol. The smallest absolute Gasteiger partial charge is 0.210 e. The number of rotatable bonds is 5. The van der Waals surface area contributed by atoms with E-state index in [1.807, 2.05) is 0 Å². The van der Waals surface area contributed by atoms with E-state index in [1.165, 1.54) is 0 Å². The molecule has 1 aromatic rings. The number of alkyl halides is 1. The van der Waals surface area contributed by atoms with Crippen molar-refractivity contribution in [2.24, 2.45) is 5.92 Å². The molecule has 3 nitrogen and oxygen atoms in total. The zero-order valence-corrected chi connectivity index (χ0v) is 11.8. The van der Waals surface area contributed by atoms with Crippen molar-refractivity contribution in [2.45, 2.75) is 22.6 Å². The van der Waals surface area contributed by atoms with Gasteiger partial charge in [-0.05, 0) is 37.0 Å². The summed E-state index contributed by atoms with van der Waals surface area (Å²) in [6.45, 7) is 0.242. The molecule has 0 heterocycles. The van der Waals surface area contributed by atoms with Crippen LogP contribution in [0.25, 0.3) is 0 Å². The highest BCUT2D eigenvalue weighted by Crippen LogP contribution is 2.36. The van der Waals surface area contributed by atoms with Gasteiger partial charge in [-0.1, -0.05) is 15.9 Å². The number of hydrogen-bond donors (Lipinski definition) is 1. The van der Waals surface area contributed by atoms with E-state index in [4.69, 9.17) is 0 Å². The normalized spacial score (nSPS) is 17.7. The van der Waals surface area contributed by atoms with Crippen molar-refractivity contribution in [3.63, 3.8) is 0 Å². The molecule has 0 aliphatic heterocycles.